The van der Waals surface area contributed by atoms with Crippen LogP contribution in [0.15, 0.2) is 76.6 Å². The van der Waals surface area contributed by atoms with Crippen LogP contribution >= 0.6 is 23.4 Å². The van der Waals surface area contributed by atoms with Gasteiger partial charge in [0, 0.05) is 5.02 Å². The Kier molecular flexibility index (Phi) is 6.83. The summed E-state index contributed by atoms with van der Waals surface area (Å²) in [5, 5.41) is 4.05. The molecule has 0 bridgehead atoms. The Bertz CT molecular complexity index is 1190. The smallest absolute Gasteiger partial charge is 0.264 e. The second-order valence-corrected chi connectivity index (χ2v) is 8.61. The van der Waals surface area contributed by atoms with Gasteiger partial charge in [-0.3, -0.25) is 4.79 Å². The summed E-state index contributed by atoms with van der Waals surface area (Å²) in [7, 11) is 1.59. The second kappa shape index (κ2) is 9.94. The number of amides is 1. The lowest BCUT2D eigenvalue weighted by Gasteiger charge is -2.11. The number of nitrogens with zero attached hydrogens (tertiary/aromatic N) is 1. The number of carbonyl (C=O) groups is 1. The van der Waals surface area contributed by atoms with E-state index in [9.17, 15) is 4.79 Å². The highest BCUT2D eigenvalue weighted by Gasteiger charge is 2.24. The number of thioether (sulfide) groups is 1. The van der Waals surface area contributed by atoms with E-state index in [4.69, 9.17) is 21.1 Å². The maximum absolute atomic E-state index is 12.4. The minimum atomic E-state index is -0.178. The van der Waals surface area contributed by atoms with Gasteiger partial charge in [-0.25, -0.2) is 4.99 Å². The Morgan fingerprint density at radius 1 is 1.03 bits per heavy atom. The van der Waals surface area contributed by atoms with Gasteiger partial charge in [0.1, 0.15) is 6.61 Å². The summed E-state index contributed by atoms with van der Waals surface area (Å²) in [6.07, 6.45) is 1.81. The van der Waals surface area contributed by atoms with Crippen LogP contribution < -0.4 is 14.8 Å². The molecule has 162 valence electrons. The standard InChI is InChI=1S/C25H21ClN2O3S/c1-16-3-10-20(11-4-16)27-25-28-24(29)23(32-25)14-18-7-12-21(22(13-18)30-2)31-15-17-5-8-19(26)9-6-17/h3-14H,15H2,1-2H3,(H,27,28,29)/b23-14-. The predicted octanol–water partition coefficient (Wildman–Crippen LogP) is 6.13. The molecule has 1 amide bonds. The molecule has 0 spiro atoms. The minimum Gasteiger partial charge on any atom is -0.493 e. The van der Waals surface area contributed by atoms with E-state index in [0.29, 0.717) is 33.2 Å². The largest absolute Gasteiger partial charge is 0.493 e. The lowest BCUT2D eigenvalue weighted by atomic mass is 10.2. The Morgan fingerprint density at radius 3 is 2.50 bits per heavy atom. The Balaban J connectivity index is 1.47. The van der Waals surface area contributed by atoms with Gasteiger partial charge in [0.2, 0.25) is 0 Å². The van der Waals surface area contributed by atoms with Crippen molar-refractivity contribution in [1.29, 1.82) is 0 Å². The average Bonchev–Trinajstić information content (AvgIpc) is 3.13. The molecular weight excluding hydrogens is 444 g/mol. The highest BCUT2D eigenvalue weighted by Crippen LogP contribution is 2.32. The van der Waals surface area contributed by atoms with Crippen LogP contribution in [0.4, 0.5) is 5.69 Å². The van der Waals surface area contributed by atoms with Gasteiger partial charge in [-0.1, -0.05) is 47.5 Å². The molecule has 3 aromatic carbocycles. The van der Waals surface area contributed by atoms with Crippen molar-refractivity contribution in [3.05, 3.63) is 93.3 Å². The van der Waals surface area contributed by atoms with Crippen molar-refractivity contribution in [3.63, 3.8) is 0 Å². The zero-order valence-electron chi connectivity index (χ0n) is 17.6. The van der Waals surface area contributed by atoms with Crippen molar-refractivity contribution < 1.29 is 14.3 Å². The number of methoxy groups -OCH3 is 1. The van der Waals surface area contributed by atoms with Gasteiger partial charge in [-0.2, -0.15) is 0 Å². The van der Waals surface area contributed by atoms with Crippen molar-refractivity contribution in [2.45, 2.75) is 13.5 Å². The summed E-state index contributed by atoms with van der Waals surface area (Å²) in [5.74, 6) is 1.03. The quantitative estimate of drug-likeness (QED) is 0.446. The molecule has 1 saturated heterocycles. The van der Waals surface area contributed by atoms with Crippen molar-refractivity contribution >= 4 is 46.2 Å². The van der Waals surface area contributed by atoms with Gasteiger partial charge in [0.05, 0.1) is 17.7 Å². The van der Waals surface area contributed by atoms with E-state index in [1.807, 2.05) is 79.7 Å². The number of benzene rings is 3. The number of hydrogen-bond acceptors (Lipinski definition) is 5. The first-order valence-corrected chi connectivity index (χ1v) is 11.1. The minimum absolute atomic E-state index is 0.178. The molecule has 32 heavy (non-hydrogen) atoms. The number of ether oxygens (including phenoxy) is 2. The number of rotatable bonds is 6. The lowest BCUT2D eigenvalue weighted by molar-refractivity contribution is -0.115. The third kappa shape index (κ3) is 5.52. The Hall–Kier alpha value is -3.22. The SMILES string of the molecule is COc1cc(/C=C2\SC(=Nc3ccc(C)cc3)NC2=O)ccc1OCc1ccc(Cl)cc1. The molecule has 0 radical (unpaired) electrons. The fraction of sp³-hybridized carbons (Fsp3) is 0.120. The molecule has 3 aromatic rings. The van der Waals surface area contributed by atoms with Gasteiger partial charge in [-0.15, -0.1) is 0 Å². The number of halogens is 1. The van der Waals surface area contributed by atoms with Crippen LogP contribution in [0, 0.1) is 6.92 Å². The summed E-state index contributed by atoms with van der Waals surface area (Å²) >= 11 is 7.23. The van der Waals surface area contributed by atoms with E-state index in [0.717, 1.165) is 22.4 Å². The molecule has 4 rings (SSSR count). The first-order valence-electron chi connectivity index (χ1n) is 9.92. The highest BCUT2D eigenvalue weighted by atomic mass is 35.5. The van der Waals surface area contributed by atoms with Crippen molar-refractivity contribution in [2.24, 2.45) is 4.99 Å². The summed E-state index contributed by atoms with van der Waals surface area (Å²) in [6, 6.07) is 20.9. The van der Waals surface area contributed by atoms with Gasteiger partial charge < -0.3 is 14.8 Å². The molecule has 5 nitrogen and oxygen atoms in total. The number of amidine groups is 1. The van der Waals surface area contributed by atoms with E-state index >= 15 is 0 Å². The third-order valence-electron chi connectivity index (χ3n) is 4.71. The lowest BCUT2D eigenvalue weighted by Crippen LogP contribution is -2.19. The fourth-order valence-corrected chi connectivity index (χ4v) is 3.97. The molecule has 0 aliphatic carbocycles. The second-order valence-electron chi connectivity index (χ2n) is 7.14. The van der Waals surface area contributed by atoms with E-state index in [2.05, 4.69) is 10.3 Å². The maximum atomic E-state index is 12.4. The van der Waals surface area contributed by atoms with Crippen LogP contribution in [-0.4, -0.2) is 18.2 Å². The highest BCUT2D eigenvalue weighted by molar-refractivity contribution is 8.18. The average molecular weight is 465 g/mol. The molecule has 0 aromatic heterocycles. The summed E-state index contributed by atoms with van der Waals surface area (Å²) in [5.41, 5.74) is 3.78. The zero-order valence-corrected chi connectivity index (χ0v) is 19.2. The van der Waals surface area contributed by atoms with Crippen LogP contribution in [0.3, 0.4) is 0 Å². The molecule has 1 heterocycles. The fourth-order valence-electron chi connectivity index (χ4n) is 3.00. The number of hydrogen-bond donors (Lipinski definition) is 1. The molecule has 1 N–H and O–H groups in total. The zero-order chi connectivity index (χ0) is 22.5. The van der Waals surface area contributed by atoms with Gasteiger partial charge in [-0.05, 0) is 72.3 Å². The maximum Gasteiger partial charge on any atom is 0.264 e. The van der Waals surface area contributed by atoms with Crippen LogP contribution in [0.25, 0.3) is 6.08 Å². The topological polar surface area (TPSA) is 59.9 Å². The first-order chi connectivity index (χ1) is 15.5. The van der Waals surface area contributed by atoms with Gasteiger partial charge in [0.15, 0.2) is 16.7 Å². The Labute approximate surface area is 196 Å². The number of nitrogens with one attached hydrogen (secondary N) is 1. The van der Waals surface area contributed by atoms with E-state index < -0.39 is 0 Å². The number of aliphatic imine (C=N–C) groups is 1. The van der Waals surface area contributed by atoms with Crippen LogP contribution in [0.5, 0.6) is 11.5 Å². The van der Waals surface area contributed by atoms with Crippen molar-refractivity contribution in [2.75, 3.05) is 7.11 Å². The van der Waals surface area contributed by atoms with Crippen molar-refractivity contribution in [1.82, 2.24) is 5.32 Å². The van der Waals surface area contributed by atoms with E-state index in [1.165, 1.54) is 11.8 Å². The summed E-state index contributed by atoms with van der Waals surface area (Å²) in [6.45, 7) is 2.41. The molecule has 1 fully saturated rings. The van der Waals surface area contributed by atoms with Crippen molar-refractivity contribution in [3.8, 4) is 11.5 Å². The summed E-state index contributed by atoms with van der Waals surface area (Å²) in [4.78, 5) is 17.5. The molecule has 0 atom stereocenters. The number of carbonyl (C=O) groups excluding carboxylic acids is 1. The summed E-state index contributed by atoms with van der Waals surface area (Å²) < 4.78 is 11.4. The Morgan fingerprint density at radius 2 is 1.78 bits per heavy atom. The molecule has 1 aliphatic rings. The van der Waals surface area contributed by atoms with Gasteiger partial charge >= 0.3 is 0 Å². The molecule has 7 heteroatoms. The molecule has 1 aliphatic heterocycles. The van der Waals surface area contributed by atoms with Crippen LogP contribution in [-0.2, 0) is 11.4 Å². The predicted molar refractivity (Wildman–Crippen MR) is 131 cm³/mol. The molecule has 0 saturated carbocycles. The third-order valence-corrected chi connectivity index (χ3v) is 5.87. The van der Waals surface area contributed by atoms with E-state index in [1.54, 1.807) is 7.11 Å². The monoisotopic (exact) mass is 464 g/mol. The van der Waals surface area contributed by atoms with Crippen LogP contribution in [0.1, 0.15) is 16.7 Å². The molecular formula is C25H21ClN2O3S. The van der Waals surface area contributed by atoms with Gasteiger partial charge in [0.25, 0.3) is 5.91 Å². The van der Waals surface area contributed by atoms with E-state index in [-0.39, 0.29) is 5.91 Å². The first kappa shape index (κ1) is 22.0. The molecule has 0 unspecified atom stereocenters. The number of aryl methyl sites for hydroxylation is 1. The normalized spacial score (nSPS) is 15.8. The van der Waals surface area contributed by atoms with Crippen LogP contribution in [0.2, 0.25) is 5.02 Å².